The average molecular weight is 482 g/mol. The summed E-state index contributed by atoms with van der Waals surface area (Å²) in [7, 11) is 1.57. The number of thioether (sulfide) groups is 1. The summed E-state index contributed by atoms with van der Waals surface area (Å²) in [6.45, 7) is 0.293. The molecule has 0 unspecified atom stereocenters. The third-order valence-electron chi connectivity index (χ3n) is 5.28. The van der Waals surface area contributed by atoms with Crippen LogP contribution in [0.1, 0.15) is 17.4 Å². The smallest absolute Gasteiger partial charge is 0.236 e. The van der Waals surface area contributed by atoms with Gasteiger partial charge in [-0.3, -0.25) is 4.79 Å². The second-order valence-electron chi connectivity index (χ2n) is 7.34. The number of amides is 1. The fraction of sp³-hybridized carbons (Fsp3) is 0.174. The zero-order valence-corrected chi connectivity index (χ0v) is 19.1. The Labute approximate surface area is 199 Å². The maximum absolute atomic E-state index is 13.2. The molecule has 0 radical (unpaired) electrons. The number of aromatic nitrogens is 3. The van der Waals surface area contributed by atoms with E-state index in [2.05, 4.69) is 20.9 Å². The van der Waals surface area contributed by atoms with Gasteiger partial charge in [0.1, 0.15) is 16.8 Å². The molecule has 0 bridgehead atoms. The molecule has 1 aliphatic heterocycles. The Morgan fingerprint density at radius 3 is 2.79 bits per heavy atom. The number of methoxy groups -OCH3 is 1. The molecule has 33 heavy (non-hydrogen) atoms. The van der Waals surface area contributed by atoms with E-state index >= 15 is 0 Å². The fourth-order valence-electron chi connectivity index (χ4n) is 3.64. The molecule has 0 saturated heterocycles. The number of hydrogen-bond acceptors (Lipinski definition) is 7. The van der Waals surface area contributed by atoms with Gasteiger partial charge in [0.25, 0.3) is 0 Å². The topological polar surface area (TPSA) is 94.2 Å². The van der Waals surface area contributed by atoms with Crippen LogP contribution in [0.15, 0.2) is 76.5 Å². The third kappa shape index (κ3) is 4.29. The normalized spacial score (nSPS) is 17.2. The van der Waals surface area contributed by atoms with Crippen molar-refractivity contribution in [2.24, 2.45) is 0 Å². The first-order valence-corrected chi connectivity index (χ1v) is 11.5. The molecule has 2 N–H and O–H groups in total. The van der Waals surface area contributed by atoms with Crippen LogP contribution in [0.5, 0.6) is 5.75 Å². The van der Waals surface area contributed by atoms with Crippen LogP contribution in [0, 0.1) is 0 Å². The van der Waals surface area contributed by atoms with Crippen LogP contribution in [0.2, 0.25) is 5.02 Å². The zero-order valence-electron chi connectivity index (χ0n) is 17.6. The lowest BCUT2D eigenvalue weighted by atomic mass is 10.0. The Morgan fingerprint density at radius 2 is 2.06 bits per heavy atom. The molecule has 4 aromatic rings. The highest BCUT2D eigenvalue weighted by Crippen LogP contribution is 2.40. The lowest BCUT2D eigenvalue weighted by Gasteiger charge is -2.33. The van der Waals surface area contributed by atoms with Gasteiger partial charge in [0.15, 0.2) is 5.82 Å². The van der Waals surface area contributed by atoms with Crippen molar-refractivity contribution in [3.05, 3.63) is 83.3 Å². The monoisotopic (exact) mass is 481 g/mol. The number of carbonyl (C=O) groups excluding carboxylic acids is 1. The minimum atomic E-state index is -0.523. The molecule has 5 rings (SSSR count). The number of halogens is 1. The molecule has 2 aromatic heterocycles. The summed E-state index contributed by atoms with van der Waals surface area (Å²) in [6.07, 6.45) is 1.58. The maximum Gasteiger partial charge on any atom is 0.236 e. The van der Waals surface area contributed by atoms with E-state index in [0.29, 0.717) is 34.1 Å². The summed E-state index contributed by atoms with van der Waals surface area (Å²) < 4.78 is 12.4. The van der Waals surface area contributed by atoms with Crippen LogP contribution in [0.3, 0.4) is 0 Å². The first-order chi connectivity index (χ1) is 16.1. The van der Waals surface area contributed by atoms with Gasteiger partial charge in [-0.2, -0.15) is 0 Å². The van der Waals surface area contributed by atoms with E-state index in [4.69, 9.17) is 20.8 Å². The Balaban J connectivity index is 1.49. The molecule has 8 nitrogen and oxygen atoms in total. The molecule has 3 heterocycles. The van der Waals surface area contributed by atoms with Crippen LogP contribution in [0.4, 0.5) is 0 Å². The third-order valence-corrected chi connectivity index (χ3v) is 6.79. The van der Waals surface area contributed by atoms with E-state index in [9.17, 15) is 4.79 Å². The summed E-state index contributed by atoms with van der Waals surface area (Å²) in [5, 5.41) is 12.2. The van der Waals surface area contributed by atoms with Gasteiger partial charge in [-0.15, -0.1) is 10.2 Å². The Morgan fingerprint density at radius 1 is 1.21 bits per heavy atom. The quantitative estimate of drug-likeness (QED) is 0.424. The van der Waals surface area contributed by atoms with Crippen molar-refractivity contribution >= 4 is 29.3 Å². The second-order valence-corrected chi connectivity index (χ2v) is 8.86. The molecule has 168 valence electrons. The van der Waals surface area contributed by atoms with E-state index < -0.39 is 11.3 Å². The SMILES string of the molecule is COc1ccc([C@H]2Nn3c(nnc3-c3ccccc3)S[C@H]2C(=O)NCc2ccco2)cc1Cl. The van der Waals surface area contributed by atoms with Crippen LogP contribution < -0.4 is 15.5 Å². The number of fused-ring (bicyclic) bond motifs is 1. The molecule has 2 atom stereocenters. The molecular weight excluding hydrogens is 462 g/mol. The van der Waals surface area contributed by atoms with E-state index in [-0.39, 0.29) is 5.91 Å². The molecule has 1 amide bonds. The number of nitrogens with one attached hydrogen (secondary N) is 2. The van der Waals surface area contributed by atoms with Crippen molar-refractivity contribution in [3.63, 3.8) is 0 Å². The van der Waals surface area contributed by atoms with Gasteiger partial charge in [-0.1, -0.05) is 59.8 Å². The van der Waals surface area contributed by atoms with Gasteiger partial charge in [-0.25, -0.2) is 4.68 Å². The number of benzene rings is 2. The fourth-order valence-corrected chi connectivity index (χ4v) is 5.01. The van der Waals surface area contributed by atoms with Gasteiger partial charge in [0.2, 0.25) is 11.1 Å². The zero-order chi connectivity index (χ0) is 22.8. The summed E-state index contributed by atoms with van der Waals surface area (Å²) in [4.78, 5) is 13.2. The maximum atomic E-state index is 13.2. The first-order valence-electron chi connectivity index (χ1n) is 10.2. The number of rotatable bonds is 6. The van der Waals surface area contributed by atoms with E-state index in [0.717, 1.165) is 11.1 Å². The van der Waals surface area contributed by atoms with Crippen molar-refractivity contribution in [2.75, 3.05) is 12.5 Å². The number of hydrogen-bond donors (Lipinski definition) is 2. The average Bonchev–Trinajstić information content (AvgIpc) is 3.52. The van der Waals surface area contributed by atoms with Gasteiger partial charge in [0, 0.05) is 5.56 Å². The molecule has 0 fully saturated rings. The highest BCUT2D eigenvalue weighted by molar-refractivity contribution is 8.00. The van der Waals surface area contributed by atoms with Gasteiger partial charge in [-0.05, 0) is 29.8 Å². The van der Waals surface area contributed by atoms with Crippen molar-refractivity contribution in [1.82, 2.24) is 20.2 Å². The molecule has 0 spiro atoms. The Kier molecular flexibility index (Phi) is 5.97. The highest BCUT2D eigenvalue weighted by atomic mass is 35.5. The molecule has 1 aliphatic rings. The summed E-state index contributed by atoms with van der Waals surface area (Å²) >= 11 is 7.75. The van der Waals surface area contributed by atoms with E-state index in [1.807, 2.05) is 53.2 Å². The number of ether oxygens (including phenoxy) is 1. The van der Waals surface area contributed by atoms with Crippen LogP contribution >= 0.6 is 23.4 Å². The minimum absolute atomic E-state index is 0.156. The van der Waals surface area contributed by atoms with Crippen molar-refractivity contribution in [3.8, 4) is 17.1 Å². The second kappa shape index (κ2) is 9.21. The summed E-state index contributed by atoms with van der Waals surface area (Å²) in [5.41, 5.74) is 5.19. The molecule has 0 saturated carbocycles. The number of carbonyl (C=O) groups is 1. The number of nitrogens with zero attached hydrogens (tertiary/aromatic N) is 3. The predicted octanol–water partition coefficient (Wildman–Crippen LogP) is 4.28. The van der Waals surface area contributed by atoms with Gasteiger partial charge in [0.05, 0.1) is 31.0 Å². The van der Waals surface area contributed by atoms with Crippen LogP contribution in [-0.4, -0.2) is 33.1 Å². The lowest BCUT2D eigenvalue weighted by molar-refractivity contribution is -0.121. The molecule has 10 heteroatoms. The van der Waals surface area contributed by atoms with Crippen LogP contribution in [-0.2, 0) is 11.3 Å². The Bertz CT molecular complexity index is 1260. The molecule has 2 aromatic carbocycles. The van der Waals surface area contributed by atoms with Gasteiger partial charge < -0.3 is 19.9 Å². The number of furan rings is 1. The van der Waals surface area contributed by atoms with Crippen molar-refractivity contribution < 1.29 is 13.9 Å². The summed E-state index contributed by atoms with van der Waals surface area (Å²) in [6, 6.07) is 18.5. The summed E-state index contributed by atoms with van der Waals surface area (Å²) in [5.74, 6) is 1.75. The van der Waals surface area contributed by atoms with Gasteiger partial charge >= 0.3 is 0 Å². The van der Waals surface area contributed by atoms with E-state index in [1.165, 1.54) is 11.8 Å². The predicted molar refractivity (Wildman–Crippen MR) is 126 cm³/mol. The lowest BCUT2D eigenvalue weighted by Crippen LogP contribution is -2.43. The minimum Gasteiger partial charge on any atom is -0.495 e. The largest absolute Gasteiger partial charge is 0.495 e. The highest BCUT2D eigenvalue weighted by Gasteiger charge is 2.38. The van der Waals surface area contributed by atoms with Crippen molar-refractivity contribution in [2.45, 2.75) is 23.0 Å². The first kappa shape index (κ1) is 21.4. The van der Waals surface area contributed by atoms with Crippen LogP contribution in [0.25, 0.3) is 11.4 Å². The molecular formula is C23H20ClN5O3S. The van der Waals surface area contributed by atoms with E-state index in [1.54, 1.807) is 25.5 Å². The standard InChI is InChI=1S/C23H20ClN5O3S/c1-31-18-10-9-15(12-17(18)24)19-20(22(30)25-13-16-8-5-11-32-16)33-23-27-26-21(29(23)28-19)14-6-3-2-4-7-14/h2-12,19-20,28H,13H2,1H3,(H,25,30)/t19-,20-/m1/s1. The van der Waals surface area contributed by atoms with Crippen molar-refractivity contribution in [1.29, 1.82) is 0 Å². The molecule has 0 aliphatic carbocycles. The Hall–Kier alpha value is -3.43.